The summed E-state index contributed by atoms with van der Waals surface area (Å²) >= 11 is 0. The molecule has 0 saturated carbocycles. The van der Waals surface area contributed by atoms with Crippen molar-refractivity contribution in [3.05, 3.63) is 75.8 Å². The van der Waals surface area contributed by atoms with Gasteiger partial charge in [0.05, 0.1) is 24.0 Å². The van der Waals surface area contributed by atoms with Crippen molar-refractivity contribution in [3.8, 4) is 0 Å². The van der Waals surface area contributed by atoms with Crippen molar-refractivity contribution in [2.45, 2.75) is 26.0 Å². The van der Waals surface area contributed by atoms with Gasteiger partial charge < -0.3 is 14.8 Å². The smallest absolute Gasteiger partial charge is 0.407 e. The zero-order valence-electron chi connectivity index (χ0n) is 14.8. The molecule has 0 aliphatic carbocycles. The van der Waals surface area contributed by atoms with Crippen LogP contribution in [0, 0.1) is 10.1 Å². The molecule has 8 nitrogen and oxygen atoms in total. The fourth-order valence-electron chi connectivity index (χ4n) is 2.40. The third-order valence-electron chi connectivity index (χ3n) is 3.66. The van der Waals surface area contributed by atoms with Gasteiger partial charge in [-0.15, -0.1) is 0 Å². The van der Waals surface area contributed by atoms with Gasteiger partial charge in [0.2, 0.25) is 0 Å². The number of esters is 1. The number of hydrogen-bond acceptors (Lipinski definition) is 6. The lowest BCUT2D eigenvalue weighted by Crippen LogP contribution is -2.31. The van der Waals surface area contributed by atoms with Crippen LogP contribution in [0.25, 0.3) is 0 Å². The Morgan fingerprint density at radius 1 is 1.11 bits per heavy atom. The minimum atomic E-state index is -0.813. The van der Waals surface area contributed by atoms with E-state index >= 15 is 0 Å². The van der Waals surface area contributed by atoms with Gasteiger partial charge in [0.25, 0.3) is 5.69 Å². The number of benzene rings is 2. The van der Waals surface area contributed by atoms with Crippen molar-refractivity contribution >= 4 is 17.7 Å². The fourth-order valence-corrected chi connectivity index (χ4v) is 2.40. The molecule has 2 aromatic rings. The lowest BCUT2D eigenvalue weighted by atomic mass is 10.0. The molecule has 1 N–H and O–H groups in total. The number of nitro benzene ring substituents is 1. The molecule has 0 heterocycles. The van der Waals surface area contributed by atoms with Crippen LogP contribution in [0.1, 0.15) is 30.5 Å². The molecule has 0 aliphatic heterocycles. The third kappa shape index (κ3) is 6.43. The number of non-ortho nitro benzene ring substituents is 1. The maximum atomic E-state index is 12.1. The van der Waals surface area contributed by atoms with Crippen molar-refractivity contribution in [3.63, 3.8) is 0 Å². The topological polar surface area (TPSA) is 108 Å². The molecule has 0 aromatic heterocycles. The molecule has 0 spiro atoms. The van der Waals surface area contributed by atoms with E-state index in [4.69, 9.17) is 9.47 Å². The van der Waals surface area contributed by atoms with Crippen LogP contribution >= 0.6 is 0 Å². The summed E-state index contributed by atoms with van der Waals surface area (Å²) in [4.78, 5) is 34.4. The number of nitro groups is 1. The quantitative estimate of drug-likeness (QED) is 0.431. The first-order valence-corrected chi connectivity index (χ1v) is 8.36. The van der Waals surface area contributed by atoms with Crippen LogP contribution in [0.15, 0.2) is 54.6 Å². The van der Waals surface area contributed by atoms with Crippen LogP contribution in [-0.2, 0) is 20.9 Å². The van der Waals surface area contributed by atoms with Crippen LogP contribution < -0.4 is 5.32 Å². The molecule has 2 rings (SSSR count). The second kappa shape index (κ2) is 9.91. The molecule has 2 aromatic carbocycles. The highest BCUT2D eigenvalue weighted by atomic mass is 16.6. The minimum Gasteiger partial charge on any atom is -0.466 e. The largest absolute Gasteiger partial charge is 0.466 e. The molecule has 0 aliphatic rings. The van der Waals surface area contributed by atoms with Crippen LogP contribution in [0.3, 0.4) is 0 Å². The van der Waals surface area contributed by atoms with Gasteiger partial charge in [-0.05, 0) is 18.1 Å². The van der Waals surface area contributed by atoms with Gasteiger partial charge in [0.1, 0.15) is 6.61 Å². The van der Waals surface area contributed by atoms with Crippen LogP contribution in [0.4, 0.5) is 10.5 Å². The number of amides is 1. The summed E-state index contributed by atoms with van der Waals surface area (Å²) in [6.45, 7) is 1.93. The monoisotopic (exact) mass is 372 g/mol. The first-order valence-electron chi connectivity index (χ1n) is 8.36. The molecule has 1 unspecified atom stereocenters. The summed E-state index contributed by atoms with van der Waals surface area (Å²) in [5.41, 5.74) is 1.08. The predicted molar refractivity (Wildman–Crippen MR) is 96.9 cm³/mol. The lowest BCUT2D eigenvalue weighted by molar-refractivity contribution is -0.384. The maximum absolute atomic E-state index is 12.1. The van der Waals surface area contributed by atoms with Gasteiger partial charge in [0.15, 0.2) is 0 Å². The Morgan fingerprint density at radius 3 is 2.52 bits per heavy atom. The molecule has 0 bridgehead atoms. The van der Waals surface area contributed by atoms with Crippen LogP contribution in [0.5, 0.6) is 0 Å². The maximum Gasteiger partial charge on any atom is 0.407 e. The van der Waals surface area contributed by atoms with E-state index in [0.717, 1.165) is 5.56 Å². The summed E-state index contributed by atoms with van der Waals surface area (Å²) in [6, 6.07) is 14.0. The van der Waals surface area contributed by atoms with Crippen LogP contribution in [0.2, 0.25) is 0 Å². The van der Waals surface area contributed by atoms with E-state index in [1.54, 1.807) is 13.0 Å². The third-order valence-corrected chi connectivity index (χ3v) is 3.66. The zero-order valence-corrected chi connectivity index (χ0v) is 14.8. The van der Waals surface area contributed by atoms with Gasteiger partial charge in [0, 0.05) is 12.1 Å². The van der Waals surface area contributed by atoms with E-state index in [1.807, 2.05) is 30.3 Å². The molecule has 8 heteroatoms. The van der Waals surface area contributed by atoms with Crippen molar-refractivity contribution in [1.29, 1.82) is 0 Å². The molecule has 0 radical (unpaired) electrons. The number of nitrogens with zero attached hydrogens (tertiary/aromatic N) is 1. The second-order valence-electron chi connectivity index (χ2n) is 5.62. The van der Waals surface area contributed by atoms with Gasteiger partial charge in [-0.25, -0.2) is 4.79 Å². The van der Waals surface area contributed by atoms with E-state index in [9.17, 15) is 19.7 Å². The Balaban J connectivity index is 2.09. The average molecular weight is 372 g/mol. The van der Waals surface area contributed by atoms with Gasteiger partial charge in [-0.2, -0.15) is 0 Å². The fraction of sp³-hybridized carbons (Fsp3) is 0.263. The number of nitrogens with one attached hydrogen (secondary N) is 1. The number of rotatable bonds is 8. The molecular weight excluding hydrogens is 352 g/mol. The van der Waals surface area contributed by atoms with Crippen molar-refractivity contribution in [2.75, 3.05) is 6.61 Å². The Hall–Kier alpha value is -3.42. The number of ether oxygens (including phenoxy) is 2. The van der Waals surface area contributed by atoms with E-state index in [2.05, 4.69) is 5.32 Å². The predicted octanol–water partition coefficient (Wildman–Crippen LogP) is 3.52. The van der Waals surface area contributed by atoms with E-state index < -0.39 is 23.0 Å². The zero-order chi connectivity index (χ0) is 19.6. The summed E-state index contributed by atoms with van der Waals surface area (Å²) in [6.07, 6.45) is -0.908. The van der Waals surface area contributed by atoms with Crippen molar-refractivity contribution in [2.24, 2.45) is 0 Å². The first kappa shape index (κ1) is 19.9. The van der Waals surface area contributed by atoms with Gasteiger partial charge in [-0.3, -0.25) is 14.9 Å². The molecule has 0 fully saturated rings. The van der Waals surface area contributed by atoms with Crippen molar-refractivity contribution < 1.29 is 24.0 Å². The standard InChI is InChI=1S/C19H20N2O6/c1-2-26-18(22)12-17(15-9-6-10-16(11-15)21(24)25)20-19(23)27-13-14-7-4-3-5-8-14/h3-11,17H,2,12-13H2,1H3,(H,20,23). The lowest BCUT2D eigenvalue weighted by Gasteiger charge is -2.18. The highest BCUT2D eigenvalue weighted by Crippen LogP contribution is 2.22. The van der Waals surface area contributed by atoms with Gasteiger partial charge in [-0.1, -0.05) is 42.5 Å². The van der Waals surface area contributed by atoms with Gasteiger partial charge >= 0.3 is 12.1 Å². The first-order chi connectivity index (χ1) is 13.0. The Morgan fingerprint density at radius 2 is 1.85 bits per heavy atom. The number of carbonyl (C=O) groups is 2. The van der Waals surface area contributed by atoms with Crippen LogP contribution in [-0.4, -0.2) is 23.6 Å². The minimum absolute atomic E-state index is 0.0632. The summed E-state index contributed by atoms with van der Waals surface area (Å²) < 4.78 is 10.1. The molecule has 27 heavy (non-hydrogen) atoms. The number of carbonyl (C=O) groups excluding carboxylic acids is 2. The summed E-state index contributed by atoms with van der Waals surface area (Å²) in [5.74, 6) is -0.530. The highest BCUT2D eigenvalue weighted by molar-refractivity contribution is 5.73. The number of alkyl carbamates (subject to hydrolysis) is 1. The van der Waals surface area contributed by atoms with Crippen molar-refractivity contribution in [1.82, 2.24) is 5.32 Å². The average Bonchev–Trinajstić information content (AvgIpc) is 2.67. The van der Waals surface area contributed by atoms with E-state index in [0.29, 0.717) is 5.56 Å². The normalized spacial score (nSPS) is 11.3. The Labute approximate surface area is 156 Å². The Kier molecular flexibility index (Phi) is 7.30. The van der Waals surface area contributed by atoms with E-state index in [1.165, 1.54) is 18.2 Å². The van der Waals surface area contributed by atoms with E-state index in [-0.39, 0.29) is 25.3 Å². The molecule has 1 atom stereocenters. The molecule has 0 saturated heterocycles. The molecular formula is C19H20N2O6. The second-order valence-corrected chi connectivity index (χ2v) is 5.62. The Bertz CT molecular complexity index is 794. The molecule has 1 amide bonds. The number of hydrogen-bond donors (Lipinski definition) is 1. The molecule has 142 valence electrons. The highest BCUT2D eigenvalue weighted by Gasteiger charge is 2.22. The SMILES string of the molecule is CCOC(=O)CC(NC(=O)OCc1ccccc1)c1cccc([N+](=O)[O-])c1. The summed E-state index contributed by atoms with van der Waals surface area (Å²) in [5, 5.41) is 13.6. The summed E-state index contributed by atoms with van der Waals surface area (Å²) in [7, 11) is 0.